The maximum absolute atomic E-state index is 11.4. The van der Waals surface area contributed by atoms with Crippen LogP contribution in [-0.2, 0) is 0 Å². The van der Waals surface area contributed by atoms with Crippen LogP contribution < -0.4 is 10.3 Å². The first kappa shape index (κ1) is 9.89. The maximum Gasteiger partial charge on any atom is 0.277 e. The van der Waals surface area contributed by atoms with Crippen molar-refractivity contribution in [1.82, 2.24) is 10.2 Å². The fourth-order valence-electron chi connectivity index (χ4n) is 1.76. The standard InChI is InChI=1S/C12H10N2O3/c1-2-16-8-4-3-7-5-9-11(15)13-14-12(9)17-10(7)6-8/h3-6H,2H2,1H3,(H,13,15). The molecule has 0 saturated carbocycles. The number of nitrogens with one attached hydrogen (secondary N) is 1. The normalized spacial score (nSPS) is 11.1. The van der Waals surface area contributed by atoms with E-state index in [1.54, 1.807) is 12.1 Å². The Kier molecular flexibility index (Phi) is 2.11. The van der Waals surface area contributed by atoms with E-state index in [1.165, 1.54) is 0 Å². The summed E-state index contributed by atoms with van der Waals surface area (Å²) in [6.45, 7) is 2.52. The van der Waals surface area contributed by atoms with Crippen LogP contribution in [0.2, 0.25) is 0 Å². The summed E-state index contributed by atoms with van der Waals surface area (Å²) >= 11 is 0. The molecule has 0 amide bonds. The van der Waals surface area contributed by atoms with Crippen LogP contribution in [0, 0.1) is 0 Å². The van der Waals surface area contributed by atoms with Crippen molar-refractivity contribution in [2.24, 2.45) is 0 Å². The summed E-state index contributed by atoms with van der Waals surface area (Å²) in [5, 5.41) is 7.01. The Morgan fingerprint density at radius 1 is 1.41 bits per heavy atom. The molecule has 0 unspecified atom stereocenters. The van der Waals surface area contributed by atoms with Crippen molar-refractivity contribution in [1.29, 1.82) is 0 Å². The summed E-state index contributed by atoms with van der Waals surface area (Å²) in [6, 6.07) is 7.25. The van der Waals surface area contributed by atoms with E-state index in [1.807, 2.05) is 19.1 Å². The van der Waals surface area contributed by atoms with Crippen LogP contribution in [-0.4, -0.2) is 16.8 Å². The first-order valence-electron chi connectivity index (χ1n) is 5.32. The predicted molar refractivity (Wildman–Crippen MR) is 62.4 cm³/mol. The number of nitrogens with zero attached hydrogens (tertiary/aromatic N) is 1. The number of hydrogen-bond acceptors (Lipinski definition) is 4. The molecule has 5 heteroatoms. The molecule has 0 radical (unpaired) electrons. The van der Waals surface area contributed by atoms with Crippen molar-refractivity contribution in [3.05, 3.63) is 34.6 Å². The van der Waals surface area contributed by atoms with E-state index >= 15 is 0 Å². The van der Waals surface area contributed by atoms with Gasteiger partial charge in [0.05, 0.1) is 6.61 Å². The SMILES string of the molecule is CCOc1ccc2cc3c(=O)[nH]nc-3oc2c1. The van der Waals surface area contributed by atoms with Crippen LogP contribution in [0.5, 0.6) is 5.75 Å². The Balaban J connectivity index is 2.27. The number of hydrogen-bond donors (Lipinski definition) is 1. The van der Waals surface area contributed by atoms with Crippen molar-refractivity contribution in [3.63, 3.8) is 0 Å². The Labute approximate surface area is 96.4 Å². The van der Waals surface area contributed by atoms with Gasteiger partial charge in [0.15, 0.2) is 0 Å². The molecule has 5 nitrogen and oxygen atoms in total. The van der Waals surface area contributed by atoms with Gasteiger partial charge in [0, 0.05) is 11.5 Å². The van der Waals surface area contributed by atoms with Gasteiger partial charge in [0.1, 0.15) is 16.9 Å². The summed E-state index contributed by atoms with van der Waals surface area (Å²) < 4.78 is 10.9. The van der Waals surface area contributed by atoms with Gasteiger partial charge >= 0.3 is 0 Å². The number of aromatic nitrogens is 2. The summed E-state index contributed by atoms with van der Waals surface area (Å²) in [5.74, 6) is 1.05. The molecule has 0 saturated heterocycles. The van der Waals surface area contributed by atoms with Crippen LogP contribution in [0.15, 0.2) is 33.5 Å². The molecule has 0 aliphatic carbocycles. The van der Waals surface area contributed by atoms with Gasteiger partial charge in [-0.3, -0.25) is 4.79 Å². The Morgan fingerprint density at radius 3 is 3.12 bits per heavy atom. The minimum Gasteiger partial charge on any atom is -0.494 e. The summed E-state index contributed by atoms with van der Waals surface area (Å²) in [4.78, 5) is 11.4. The van der Waals surface area contributed by atoms with Crippen molar-refractivity contribution in [2.75, 3.05) is 6.61 Å². The van der Waals surface area contributed by atoms with E-state index in [4.69, 9.17) is 9.15 Å². The smallest absolute Gasteiger partial charge is 0.277 e. The molecule has 0 aromatic heterocycles. The molecule has 1 aromatic rings. The lowest BCUT2D eigenvalue weighted by Crippen LogP contribution is -1.99. The molecule has 2 heterocycles. The third-order valence-corrected chi connectivity index (χ3v) is 2.54. The van der Waals surface area contributed by atoms with E-state index in [0.717, 1.165) is 11.1 Å². The zero-order valence-corrected chi connectivity index (χ0v) is 9.19. The average Bonchev–Trinajstić information content (AvgIpc) is 2.68. The second kappa shape index (κ2) is 3.62. The Bertz CT molecular complexity index is 699. The van der Waals surface area contributed by atoms with Gasteiger partial charge in [-0.05, 0) is 25.1 Å². The maximum atomic E-state index is 11.4. The van der Waals surface area contributed by atoms with Gasteiger partial charge in [-0.25, -0.2) is 5.10 Å². The number of benzene rings is 1. The third kappa shape index (κ3) is 1.56. The molecular formula is C12H10N2O3. The van der Waals surface area contributed by atoms with E-state index in [9.17, 15) is 4.79 Å². The quantitative estimate of drug-likeness (QED) is 0.731. The molecular weight excluding hydrogens is 220 g/mol. The van der Waals surface area contributed by atoms with Crippen molar-refractivity contribution < 1.29 is 9.15 Å². The highest BCUT2D eigenvalue weighted by molar-refractivity contribution is 5.82. The van der Waals surface area contributed by atoms with Gasteiger partial charge in [-0.1, -0.05) is 0 Å². The minimum atomic E-state index is -0.237. The second-order valence-electron chi connectivity index (χ2n) is 3.65. The Hall–Kier alpha value is -2.30. The van der Waals surface area contributed by atoms with Crippen molar-refractivity contribution in [2.45, 2.75) is 6.92 Å². The lowest BCUT2D eigenvalue weighted by Gasteiger charge is -2.04. The highest BCUT2D eigenvalue weighted by atomic mass is 16.5. The summed E-state index contributed by atoms with van der Waals surface area (Å²) in [7, 11) is 0. The van der Waals surface area contributed by atoms with Crippen LogP contribution >= 0.6 is 0 Å². The van der Waals surface area contributed by atoms with Crippen LogP contribution in [0.25, 0.3) is 22.4 Å². The molecule has 0 atom stereocenters. The number of H-pyrrole nitrogens is 1. The third-order valence-electron chi connectivity index (χ3n) is 2.54. The topological polar surface area (TPSA) is 68.1 Å². The van der Waals surface area contributed by atoms with E-state index in [0.29, 0.717) is 23.6 Å². The van der Waals surface area contributed by atoms with Gasteiger partial charge in [-0.2, -0.15) is 0 Å². The van der Waals surface area contributed by atoms with Crippen LogP contribution in [0.1, 0.15) is 6.92 Å². The number of aromatic amines is 1. The highest BCUT2D eigenvalue weighted by Crippen LogP contribution is 2.26. The van der Waals surface area contributed by atoms with Gasteiger partial charge in [0.2, 0.25) is 5.89 Å². The zero-order valence-electron chi connectivity index (χ0n) is 9.19. The molecule has 0 fully saturated rings. The summed E-state index contributed by atoms with van der Waals surface area (Å²) in [6.07, 6.45) is 0. The molecule has 0 spiro atoms. The van der Waals surface area contributed by atoms with Crippen LogP contribution in [0.4, 0.5) is 0 Å². The predicted octanol–water partition coefficient (Wildman–Crippen LogP) is 2.02. The van der Waals surface area contributed by atoms with Crippen molar-refractivity contribution >= 4 is 11.0 Å². The van der Waals surface area contributed by atoms with Crippen LogP contribution in [0.3, 0.4) is 0 Å². The Morgan fingerprint density at radius 2 is 2.29 bits per heavy atom. The molecule has 0 bridgehead atoms. The number of rotatable bonds is 2. The number of ether oxygens (including phenoxy) is 1. The minimum absolute atomic E-state index is 0.237. The molecule has 3 rings (SSSR count). The molecule has 1 aromatic carbocycles. The van der Waals surface area contributed by atoms with E-state index in [2.05, 4.69) is 10.2 Å². The lowest BCUT2D eigenvalue weighted by atomic mass is 10.2. The van der Waals surface area contributed by atoms with Gasteiger partial charge < -0.3 is 9.15 Å². The van der Waals surface area contributed by atoms with E-state index < -0.39 is 0 Å². The van der Waals surface area contributed by atoms with E-state index in [-0.39, 0.29) is 5.56 Å². The average molecular weight is 230 g/mol. The fraction of sp³-hybridized carbons (Fsp3) is 0.167. The van der Waals surface area contributed by atoms with Gasteiger partial charge in [-0.15, -0.1) is 5.10 Å². The second-order valence-corrected chi connectivity index (χ2v) is 3.65. The number of fused-ring (bicyclic) bond motifs is 2. The molecule has 17 heavy (non-hydrogen) atoms. The van der Waals surface area contributed by atoms with Crippen molar-refractivity contribution in [3.8, 4) is 17.2 Å². The molecule has 86 valence electrons. The highest BCUT2D eigenvalue weighted by Gasteiger charge is 2.14. The monoisotopic (exact) mass is 230 g/mol. The molecule has 2 aliphatic rings. The molecule has 2 aliphatic heterocycles. The first-order valence-corrected chi connectivity index (χ1v) is 5.32. The fourth-order valence-corrected chi connectivity index (χ4v) is 1.76. The summed E-state index contributed by atoms with van der Waals surface area (Å²) in [5.41, 5.74) is 0.871. The van der Waals surface area contributed by atoms with Gasteiger partial charge in [0.25, 0.3) is 5.56 Å². The molecule has 1 N–H and O–H groups in total. The lowest BCUT2D eigenvalue weighted by molar-refractivity contribution is 0.340. The first-order chi connectivity index (χ1) is 8.28. The zero-order chi connectivity index (χ0) is 11.8. The largest absolute Gasteiger partial charge is 0.494 e.